The van der Waals surface area contributed by atoms with Gasteiger partial charge in [0.05, 0.1) is 0 Å². The van der Waals surface area contributed by atoms with Gasteiger partial charge in [0, 0.05) is 0 Å². The maximum absolute atomic E-state index is 10.5. The van der Waals surface area contributed by atoms with Crippen molar-refractivity contribution in [2.24, 2.45) is 0 Å². The van der Waals surface area contributed by atoms with E-state index in [1.54, 1.807) is 0 Å². The Balaban J connectivity index is 0.00000121. The zero-order valence-electron chi connectivity index (χ0n) is 6.41. The minimum absolute atomic E-state index is 0. The van der Waals surface area contributed by atoms with Crippen LogP contribution in [0.4, 0.5) is 0 Å². The molecular weight excluding hydrogens is 368 g/mol. The molecule has 0 fully saturated rings. The fraction of sp³-hybridized carbons (Fsp3) is 0.125. The van der Waals surface area contributed by atoms with Crippen LogP contribution in [-0.4, -0.2) is 57.4 Å². The monoisotopic (exact) mass is 378 g/mol. The zero-order chi connectivity index (χ0) is 8.10. The summed E-state index contributed by atoms with van der Waals surface area (Å²) >= 11 is -1.52. The average molecular weight is 377 g/mol. The Morgan fingerprint density at radius 3 is 2.42 bits per heavy atom. The zero-order valence-corrected chi connectivity index (χ0v) is 11.9. The predicted molar refractivity (Wildman–Crippen MR) is 45.0 cm³/mol. The summed E-state index contributed by atoms with van der Waals surface area (Å²) in [6.07, 6.45) is 0. The number of carbonyl (C=O) groups excluding carboxylic acids is 1. The summed E-state index contributed by atoms with van der Waals surface area (Å²) in [5, 5.41) is 0. The molecule has 4 heteroatoms. The Bertz CT molecular complexity index is 238. The van der Waals surface area contributed by atoms with E-state index in [4.69, 9.17) is 2.64 Å². The Morgan fingerprint density at radius 2 is 1.92 bits per heavy atom. The van der Waals surface area contributed by atoms with Crippen LogP contribution in [0.5, 0.6) is 0 Å². The molecule has 1 rings (SSSR count). The molecule has 0 aliphatic rings. The molecule has 0 N–H and O–H groups in total. The third-order valence-electron chi connectivity index (χ3n) is 1.28. The van der Waals surface area contributed by atoms with Crippen LogP contribution in [0, 0.1) is 0 Å². The van der Waals surface area contributed by atoms with Crippen molar-refractivity contribution in [3.05, 3.63) is 30.3 Å². The molecule has 0 atom stereocenters. The van der Waals surface area contributed by atoms with E-state index in [9.17, 15) is 4.79 Å². The van der Waals surface area contributed by atoms with Crippen molar-refractivity contribution in [2.75, 3.05) is 0 Å². The van der Waals surface area contributed by atoms with Crippen molar-refractivity contribution in [3.63, 3.8) is 0 Å². The van der Waals surface area contributed by atoms with E-state index < -0.39 is 25.0 Å². The second kappa shape index (κ2) is 7.65. The molecule has 0 aliphatic heterocycles. The van der Waals surface area contributed by atoms with Crippen molar-refractivity contribution >= 4 is 60.4 Å². The standard InChI is InChI=1S/C6H5.C2H4O2.Hg.K.H/c1-2-4-6-5-3-1;1-2(3)4;;;/h1-5H;1H3,(H,3,4);;;/q;;+1;;/p-1. The van der Waals surface area contributed by atoms with Gasteiger partial charge in [-0.3, -0.25) is 0 Å². The fourth-order valence-corrected chi connectivity index (χ4v) is 4.00. The van der Waals surface area contributed by atoms with E-state index in [1.807, 2.05) is 30.3 Å². The van der Waals surface area contributed by atoms with E-state index >= 15 is 0 Å². The normalized spacial score (nSPS) is 7.75. The molecule has 0 unspecified atom stereocenters. The summed E-state index contributed by atoms with van der Waals surface area (Å²) in [4.78, 5) is 10.5. The van der Waals surface area contributed by atoms with E-state index in [-0.39, 0.29) is 57.4 Å². The summed E-state index contributed by atoms with van der Waals surface area (Å²) in [5.41, 5.74) is 0. The molecular formula is C8H9HgKO2. The van der Waals surface area contributed by atoms with Crippen LogP contribution in [0.15, 0.2) is 30.3 Å². The van der Waals surface area contributed by atoms with Gasteiger partial charge in [0.2, 0.25) is 0 Å². The first-order valence-electron chi connectivity index (χ1n) is 3.46. The van der Waals surface area contributed by atoms with Crippen LogP contribution in [0.25, 0.3) is 0 Å². The summed E-state index contributed by atoms with van der Waals surface area (Å²) in [6.45, 7) is 1.46. The van der Waals surface area contributed by atoms with Crippen LogP contribution in [-0.2, 0) is 32.5 Å². The van der Waals surface area contributed by atoms with Crippen molar-refractivity contribution in [3.8, 4) is 0 Å². The van der Waals surface area contributed by atoms with Gasteiger partial charge in [0.1, 0.15) is 0 Å². The molecule has 56 valence electrons. The van der Waals surface area contributed by atoms with Gasteiger partial charge in [-0.2, -0.15) is 0 Å². The summed E-state index contributed by atoms with van der Waals surface area (Å²) in [5.74, 6) is -0.143. The maximum atomic E-state index is 10.5. The molecule has 0 amide bonds. The Kier molecular flexibility index (Phi) is 8.45. The van der Waals surface area contributed by atoms with Gasteiger partial charge in [-0.15, -0.1) is 0 Å². The van der Waals surface area contributed by atoms with E-state index in [2.05, 4.69) is 0 Å². The number of benzene rings is 1. The summed E-state index contributed by atoms with van der Waals surface area (Å²) in [7, 11) is 0. The van der Waals surface area contributed by atoms with Crippen LogP contribution in [0.1, 0.15) is 6.92 Å². The third-order valence-corrected chi connectivity index (χ3v) is 6.55. The van der Waals surface area contributed by atoms with Crippen molar-refractivity contribution < 1.29 is 32.5 Å². The number of carbonyl (C=O) groups is 1. The molecule has 0 saturated heterocycles. The first-order chi connectivity index (χ1) is 5.29. The molecule has 0 bridgehead atoms. The Morgan fingerprint density at radius 1 is 1.33 bits per heavy atom. The quantitative estimate of drug-likeness (QED) is 0.690. The van der Waals surface area contributed by atoms with E-state index in [0.717, 1.165) is 0 Å². The van der Waals surface area contributed by atoms with Gasteiger partial charge in [-0.05, 0) is 0 Å². The van der Waals surface area contributed by atoms with E-state index in [0.29, 0.717) is 0 Å². The number of rotatable bonds is 2. The van der Waals surface area contributed by atoms with Gasteiger partial charge >= 0.3 is 130 Å². The van der Waals surface area contributed by atoms with Crippen LogP contribution in [0.2, 0.25) is 0 Å². The van der Waals surface area contributed by atoms with Gasteiger partial charge in [0.25, 0.3) is 0 Å². The molecule has 0 aliphatic carbocycles. The molecule has 1 aromatic carbocycles. The van der Waals surface area contributed by atoms with Crippen molar-refractivity contribution in [1.82, 2.24) is 0 Å². The first-order valence-corrected chi connectivity index (χ1v) is 8.45. The van der Waals surface area contributed by atoms with Crippen LogP contribution < -0.4 is 3.07 Å². The Labute approximate surface area is 128 Å². The predicted octanol–water partition coefficient (Wildman–Crippen LogP) is 0.224. The Hall–Kier alpha value is 1.26. The van der Waals surface area contributed by atoms with Gasteiger partial charge in [0.15, 0.2) is 0 Å². The summed E-state index contributed by atoms with van der Waals surface area (Å²) < 4.78 is 6.25. The molecule has 0 saturated carbocycles. The van der Waals surface area contributed by atoms with Crippen molar-refractivity contribution in [2.45, 2.75) is 6.92 Å². The molecule has 12 heavy (non-hydrogen) atoms. The van der Waals surface area contributed by atoms with E-state index in [1.165, 1.54) is 10.00 Å². The molecule has 0 aromatic heterocycles. The average Bonchev–Trinajstić information content (AvgIpc) is 2.03. The molecule has 0 spiro atoms. The second-order valence-electron chi connectivity index (χ2n) is 2.27. The fourth-order valence-electron chi connectivity index (χ4n) is 0.759. The number of hydrogen-bond donors (Lipinski definition) is 0. The van der Waals surface area contributed by atoms with Gasteiger partial charge < -0.3 is 0 Å². The van der Waals surface area contributed by atoms with Crippen LogP contribution in [0.3, 0.4) is 0 Å². The SMILES string of the molecule is CC(=O)[O][Hg][c]1ccccc1.[KH]. The van der Waals surface area contributed by atoms with Crippen LogP contribution >= 0.6 is 0 Å². The van der Waals surface area contributed by atoms with Gasteiger partial charge in [-0.1, -0.05) is 0 Å². The summed E-state index contributed by atoms with van der Waals surface area (Å²) in [6, 6.07) is 9.94. The molecule has 1 aromatic rings. The molecule has 2 nitrogen and oxygen atoms in total. The molecule has 0 radical (unpaired) electrons. The minimum atomic E-state index is -1.52. The second-order valence-corrected chi connectivity index (χ2v) is 7.68. The third kappa shape index (κ3) is 5.83. The van der Waals surface area contributed by atoms with Crippen molar-refractivity contribution in [1.29, 1.82) is 0 Å². The topological polar surface area (TPSA) is 26.3 Å². The van der Waals surface area contributed by atoms with Gasteiger partial charge in [-0.25, -0.2) is 0 Å². The number of hydrogen-bond acceptors (Lipinski definition) is 2. The first kappa shape index (κ1) is 13.3. The molecule has 0 heterocycles.